The molecular weight excluding hydrogens is 356 g/mol. The number of hydrogen-bond acceptors (Lipinski definition) is 5. The summed E-state index contributed by atoms with van der Waals surface area (Å²) in [4.78, 5) is 32.1. The Labute approximate surface area is 152 Å². The molecule has 0 unspecified atom stereocenters. The van der Waals surface area contributed by atoms with Gasteiger partial charge >= 0.3 is 5.97 Å². The molecule has 0 aliphatic carbocycles. The number of aromatic nitrogens is 2. The van der Waals surface area contributed by atoms with E-state index in [-0.39, 0.29) is 28.2 Å². The molecule has 3 rings (SSSR count). The lowest BCUT2D eigenvalue weighted by atomic mass is 10.1. The van der Waals surface area contributed by atoms with Crippen LogP contribution in [0, 0.1) is 11.6 Å². The molecule has 2 aromatic heterocycles. The van der Waals surface area contributed by atoms with E-state index in [1.807, 2.05) is 0 Å². The van der Waals surface area contributed by atoms with Gasteiger partial charge in [0.25, 0.3) is 5.91 Å². The third-order valence-corrected chi connectivity index (χ3v) is 3.68. The first-order valence-electron chi connectivity index (χ1n) is 7.76. The molecule has 0 radical (unpaired) electrons. The Morgan fingerprint density at radius 3 is 2.44 bits per heavy atom. The number of nitrogens with zero attached hydrogens (tertiary/aromatic N) is 2. The van der Waals surface area contributed by atoms with Gasteiger partial charge in [0.2, 0.25) is 0 Å². The van der Waals surface area contributed by atoms with E-state index < -0.39 is 23.5 Å². The summed E-state index contributed by atoms with van der Waals surface area (Å²) in [5.41, 5.74) is -0.216. The highest BCUT2D eigenvalue weighted by atomic mass is 19.1. The summed E-state index contributed by atoms with van der Waals surface area (Å²) in [6.45, 7) is 0. The maximum atomic E-state index is 14.0. The average Bonchev–Trinajstić information content (AvgIpc) is 2.68. The number of carbonyl (C=O) groups is 2. The maximum absolute atomic E-state index is 14.0. The SMILES string of the molecule is COC(=O)c1ccncc1NC(=O)c1cccc(-c2c(F)cccc2F)n1. The number of ether oxygens (including phenoxy) is 1. The Morgan fingerprint density at radius 2 is 1.74 bits per heavy atom. The second-order valence-electron chi connectivity index (χ2n) is 5.37. The molecule has 0 aliphatic heterocycles. The van der Waals surface area contributed by atoms with Crippen molar-refractivity contribution in [2.24, 2.45) is 0 Å². The number of benzene rings is 1. The number of halogens is 2. The van der Waals surface area contributed by atoms with Crippen LogP contribution in [-0.4, -0.2) is 29.0 Å². The molecule has 1 amide bonds. The molecule has 0 saturated carbocycles. The molecule has 3 aromatic rings. The smallest absolute Gasteiger partial charge is 0.340 e. The Kier molecular flexibility index (Phi) is 5.16. The highest BCUT2D eigenvalue weighted by Gasteiger charge is 2.18. The van der Waals surface area contributed by atoms with Crippen LogP contribution >= 0.6 is 0 Å². The molecule has 0 saturated heterocycles. The minimum Gasteiger partial charge on any atom is -0.465 e. The van der Waals surface area contributed by atoms with Gasteiger partial charge in [-0.05, 0) is 30.3 Å². The number of nitrogens with one attached hydrogen (secondary N) is 1. The number of rotatable bonds is 4. The Balaban J connectivity index is 1.93. The molecule has 8 heteroatoms. The van der Waals surface area contributed by atoms with Gasteiger partial charge in [0.1, 0.15) is 17.3 Å². The van der Waals surface area contributed by atoms with Crippen LogP contribution in [0.2, 0.25) is 0 Å². The van der Waals surface area contributed by atoms with E-state index in [0.29, 0.717) is 0 Å². The predicted octanol–water partition coefficient (Wildman–Crippen LogP) is 3.46. The van der Waals surface area contributed by atoms with E-state index in [2.05, 4.69) is 20.0 Å². The van der Waals surface area contributed by atoms with Crippen molar-refractivity contribution >= 4 is 17.6 Å². The quantitative estimate of drug-likeness (QED) is 0.713. The predicted molar refractivity (Wildman–Crippen MR) is 93.1 cm³/mol. The molecular formula is C19H13F2N3O3. The zero-order valence-electron chi connectivity index (χ0n) is 14.1. The van der Waals surface area contributed by atoms with Gasteiger partial charge in [0.05, 0.1) is 35.8 Å². The van der Waals surface area contributed by atoms with Crippen LogP contribution in [0.4, 0.5) is 14.5 Å². The van der Waals surface area contributed by atoms with Crippen molar-refractivity contribution in [2.75, 3.05) is 12.4 Å². The molecule has 2 heterocycles. The molecule has 27 heavy (non-hydrogen) atoms. The van der Waals surface area contributed by atoms with Gasteiger partial charge in [-0.2, -0.15) is 0 Å². The van der Waals surface area contributed by atoms with E-state index >= 15 is 0 Å². The van der Waals surface area contributed by atoms with E-state index in [0.717, 1.165) is 12.1 Å². The first-order valence-corrected chi connectivity index (χ1v) is 7.76. The molecule has 0 fully saturated rings. The van der Waals surface area contributed by atoms with Crippen LogP contribution < -0.4 is 5.32 Å². The Hall–Kier alpha value is -3.68. The van der Waals surface area contributed by atoms with Crippen LogP contribution in [0.15, 0.2) is 54.9 Å². The molecule has 1 aromatic carbocycles. The van der Waals surface area contributed by atoms with Crippen molar-refractivity contribution < 1.29 is 23.1 Å². The number of hydrogen-bond donors (Lipinski definition) is 1. The number of methoxy groups -OCH3 is 1. The number of anilines is 1. The fraction of sp³-hybridized carbons (Fsp3) is 0.0526. The van der Waals surface area contributed by atoms with E-state index in [4.69, 9.17) is 0 Å². The van der Waals surface area contributed by atoms with Crippen LogP contribution in [-0.2, 0) is 4.74 Å². The van der Waals surface area contributed by atoms with Crippen LogP contribution in [0.5, 0.6) is 0 Å². The lowest BCUT2D eigenvalue weighted by Gasteiger charge is -2.10. The van der Waals surface area contributed by atoms with Gasteiger partial charge < -0.3 is 10.1 Å². The van der Waals surface area contributed by atoms with E-state index in [1.54, 1.807) is 0 Å². The third-order valence-electron chi connectivity index (χ3n) is 3.68. The summed E-state index contributed by atoms with van der Waals surface area (Å²) in [5, 5.41) is 2.50. The van der Waals surface area contributed by atoms with Gasteiger partial charge in [-0.25, -0.2) is 18.6 Å². The minimum atomic E-state index is -0.791. The normalized spacial score (nSPS) is 10.3. The molecule has 1 N–H and O–H groups in total. The minimum absolute atomic E-state index is 0.0300. The second kappa shape index (κ2) is 7.69. The van der Waals surface area contributed by atoms with Gasteiger partial charge in [0, 0.05) is 6.20 Å². The van der Waals surface area contributed by atoms with Crippen LogP contribution in [0.1, 0.15) is 20.8 Å². The summed E-state index contributed by atoms with van der Waals surface area (Å²) in [7, 11) is 1.21. The monoisotopic (exact) mass is 369 g/mol. The number of amides is 1. The van der Waals surface area contributed by atoms with E-state index in [9.17, 15) is 18.4 Å². The number of carbonyl (C=O) groups excluding carboxylic acids is 2. The van der Waals surface area contributed by atoms with Crippen molar-refractivity contribution in [2.45, 2.75) is 0 Å². The maximum Gasteiger partial charge on any atom is 0.340 e. The van der Waals surface area contributed by atoms with Gasteiger partial charge in [0.15, 0.2) is 0 Å². The second-order valence-corrected chi connectivity index (χ2v) is 5.37. The fourth-order valence-corrected chi connectivity index (χ4v) is 2.41. The summed E-state index contributed by atoms with van der Waals surface area (Å²) >= 11 is 0. The Bertz CT molecular complexity index is 1000. The first-order chi connectivity index (χ1) is 13.0. The summed E-state index contributed by atoms with van der Waals surface area (Å²) in [6, 6.07) is 9.05. The van der Waals surface area contributed by atoms with Gasteiger partial charge in [-0.15, -0.1) is 0 Å². The van der Waals surface area contributed by atoms with Crippen LogP contribution in [0.25, 0.3) is 11.3 Å². The molecule has 136 valence electrons. The fourth-order valence-electron chi connectivity index (χ4n) is 2.41. The Morgan fingerprint density at radius 1 is 1.04 bits per heavy atom. The van der Waals surface area contributed by atoms with E-state index in [1.165, 1.54) is 49.8 Å². The zero-order valence-corrected chi connectivity index (χ0v) is 14.1. The molecule has 0 aliphatic rings. The van der Waals surface area contributed by atoms with Crippen molar-refractivity contribution in [3.8, 4) is 11.3 Å². The highest BCUT2D eigenvalue weighted by molar-refractivity contribution is 6.07. The van der Waals surface area contributed by atoms with Crippen molar-refractivity contribution in [3.05, 3.63) is 77.8 Å². The van der Waals surface area contributed by atoms with Crippen LogP contribution in [0.3, 0.4) is 0 Å². The van der Waals surface area contributed by atoms with Crippen molar-refractivity contribution in [1.82, 2.24) is 9.97 Å². The summed E-state index contributed by atoms with van der Waals surface area (Å²) < 4.78 is 32.6. The number of esters is 1. The lowest BCUT2D eigenvalue weighted by molar-refractivity contribution is 0.0602. The molecule has 0 bridgehead atoms. The standard InChI is InChI=1S/C19H13F2N3O3/c1-27-19(26)11-8-9-22-10-16(11)24-18(25)15-7-3-6-14(23-15)17-12(20)4-2-5-13(17)21/h2-10H,1H3,(H,24,25). The number of pyridine rings is 2. The lowest BCUT2D eigenvalue weighted by Crippen LogP contribution is -2.17. The third kappa shape index (κ3) is 3.79. The molecule has 6 nitrogen and oxygen atoms in total. The molecule has 0 atom stereocenters. The summed E-state index contributed by atoms with van der Waals surface area (Å²) in [6.07, 6.45) is 2.66. The van der Waals surface area contributed by atoms with Gasteiger partial charge in [-0.3, -0.25) is 9.78 Å². The van der Waals surface area contributed by atoms with Gasteiger partial charge in [-0.1, -0.05) is 12.1 Å². The van der Waals surface area contributed by atoms with Crippen molar-refractivity contribution in [1.29, 1.82) is 0 Å². The molecule has 0 spiro atoms. The zero-order chi connectivity index (χ0) is 19.4. The largest absolute Gasteiger partial charge is 0.465 e. The topological polar surface area (TPSA) is 81.2 Å². The highest BCUT2D eigenvalue weighted by Crippen LogP contribution is 2.24. The first kappa shape index (κ1) is 18.1. The summed E-state index contributed by atoms with van der Waals surface area (Å²) in [5.74, 6) is -2.91. The van der Waals surface area contributed by atoms with Crippen molar-refractivity contribution in [3.63, 3.8) is 0 Å². The average molecular weight is 369 g/mol.